The molecule has 1 aromatic heterocycles. The van der Waals surface area contributed by atoms with Crippen molar-refractivity contribution in [2.45, 2.75) is 13.0 Å². The van der Waals surface area contributed by atoms with Crippen LogP contribution in [0, 0.1) is 18.6 Å². The molecule has 0 aliphatic rings. The predicted octanol–water partition coefficient (Wildman–Crippen LogP) is 2.75. The molecule has 0 spiro atoms. The van der Waals surface area contributed by atoms with Crippen LogP contribution in [0.3, 0.4) is 0 Å². The van der Waals surface area contributed by atoms with Gasteiger partial charge in [0, 0.05) is 0 Å². The summed E-state index contributed by atoms with van der Waals surface area (Å²) >= 11 is 0. The molecule has 4 heteroatoms. The van der Waals surface area contributed by atoms with Gasteiger partial charge < -0.3 is 5.11 Å². The summed E-state index contributed by atoms with van der Waals surface area (Å²) in [5.74, 6) is -0.891. The van der Waals surface area contributed by atoms with Crippen molar-refractivity contribution in [1.29, 1.82) is 0 Å². The van der Waals surface area contributed by atoms with Crippen LogP contribution in [0.15, 0.2) is 36.5 Å². The first-order chi connectivity index (χ1) is 8.06. The molecule has 1 aromatic carbocycles. The molecule has 0 aliphatic heterocycles. The highest BCUT2D eigenvalue weighted by Gasteiger charge is 2.13. The topological polar surface area (TPSA) is 33.1 Å². The van der Waals surface area contributed by atoms with E-state index in [2.05, 4.69) is 4.98 Å². The Morgan fingerprint density at radius 3 is 2.47 bits per heavy atom. The average molecular weight is 235 g/mol. The van der Waals surface area contributed by atoms with Crippen LogP contribution in [-0.4, -0.2) is 10.1 Å². The molecule has 0 radical (unpaired) electrons. The van der Waals surface area contributed by atoms with Gasteiger partial charge in [0.25, 0.3) is 0 Å². The van der Waals surface area contributed by atoms with Crippen molar-refractivity contribution in [3.8, 4) is 0 Å². The Bertz CT molecular complexity index is 505. The number of halogens is 2. The lowest BCUT2D eigenvalue weighted by molar-refractivity contribution is 0.214. The molecule has 2 nitrogen and oxygen atoms in total. The Morgan fingerprint density at radius 1 is 1.12 bits per heavy atom. The van der Waals surface area contributed by atoms with E-state index in [1.807, 2.05) is 0 Å². The number of hydrogen-bond donors (Lipinski definition) is 1. The third kappa shape index (κ3) is 2.65. The summed E-state index contributed by atoms with van der Waals surface area (Å²) in [6, 6.07) is 6.85. The molecule has 17 heavy (non-hydrogen) atoms. The molecule has 0 fully saturated rings. The van der Waals surface area contributed by atoms with Gasteiger partial charge in [0.05, 0.1) is 11.9 Å². The number of pyridine rings is 1. The van der Waals surface area contributed by atoms with E-state index in [9.17, 15) is 13.9 Å². The van der Waals surface area contributed by atoms with Gasteiger partial charge in [0.1, 0.15) is 17.7 Å². The highest BCUT2D eigenvalue weighted by molar-refractivity contribution is 5.30. The van der Waals surface area contributed by atoms with Crippen molar-refractivity contribution in [3.63, 3.8) is 0 Å². The molecule has 88 valence electrons. The number of aryl methyl sites for hydroxylation is 1. The molecule has 0 amide bonds. The van der Waals surface area contributed by atoms with Gasteiger partial charge in [-0.1, -0.05) is 6.07 Å². The normalized spacial score (nSPS) is 12.5. The van der Waals surface area contributed by atoms with Gasteiger partial charge in [0.2, 0.25) is 0 Å². The highest BCUT2D eigenvalue weighted by Crippen LogP contribution is 2.22. The first kappa shape index (κ1) is 11.7. The molecule has 0 bridgehead atoms. The molecule has 0 saturated carbocycles. The van der Waals surface area contributed by atoms with Gasteiger partial charge in [-0.3, -0.25) is 4.98 Å². The van der Waals surface area contributed by atoms with E-state index in [4.69, 9.17) is 0 Å². The van der Waals surface area contributed by atoms with Crippen LogP contribution in [-0.2, 0) is 0 Å². The van der Waals surface area contributed by atoms with E-state index in [0.717, 1.165) is 6.20 Å². The predicted molar refractivity (Wildman–Crippen MR) is 59.4 cm³/mol. The Balaban J connectivity index is 2.36. The standard InChI is InChI=1S/C13H11F2NO/c1-8-4-9(6-11(15)5-8)13(17)12-3-2-10(14)7-16-12/h2-7,13,17H,1H3. The van der Waals surface area contributed by atoms with Crippen LogP contribution in [0.4, 0.5) is 8.78 Å². The Kier molecular flexibility index (Phi) is 3.15. The highest BCUT2D eigenvalue weighted by atomic mass is 19.1. The largest absolute Gasteiger partial charge is 0.382 e. The van der Waals surface area contributed by atoms with Crippen molar-refractivity contribution in [2.24, 2.45) is 0 Å². The van der Waals surface area contributed by atoms with E-state index in [1.54, 1.807) is 13.0 Å². The third-order valence-electron chi connectivity index (χ3n) is 2.41. The molecule has 1 atom stereocenters. The Labute approximate surface area is 97.6 Å². The summed E-state index contributed by atoms with van der Waals surface area (Å²) in [6.45, 7) is 1.73. The summed E-state index contributed by atoms with van der Waals surface area (Å²) in [7, 11) is 0. The van der Waals surface area contributed by atoms with Crippen molar-refractivity contribution in [1.82, 2.24) is 4.98 Å². The summed E-state index contributed by atoms with van der Waals surface area (Å²) in [5, 5.41) is 9.98. The molecule has 1 heterocycles. The van der Waals surface area contributed by atoms with Crippen molar-refractivity contribution in [3.05, 3.63) is 65.0 Å². The van der Waals surface area contributed by atoms with E-state index in [-0.39, 0.29) is 5.69 Å². The molecule has 1 N–H and O–H groups in total. The van der Waals surface area contributed by atoms with Crippen LogP contribution in [0.25, 0.3) is 0 Å². The monoisotopic (exact) mass is 235 g/mol. The maximum atomic E-state index is 13.2. The molecule has 2 rings (SSSR count). The first-order valence-electron chi connectivity index (χ1n) is 5.13. The zero-order valence-electron chi connectivity index (χ0n) is 9.19. The SMILES string of the molecule is Cc1cc(F)cc(C(O)c2ccc(F)cn2)c1. The number of hydrogen-bond acceptors (Lipinski definition) is 2. The fourth-order valence-corrected chi connectivity index (χ4v) is 1.64. The lowest BCUT2D eigenvalue weighted by Crippen LogP contribution is -2.03. The molecule has 0 aliphatic carbocycles. The van der Waals surface area contributed by atoms with Gasteiger partial charge in [-0.2, -0.15) is 0 Å². The van der Waals surface area contributed by atoms with Gasteiger partial charge in [-0.25, -0.2) is 8.78 Å². The maximum Gasteiger partial charge on any atom is 0.141 e. The molecular weight excluding hydrogens is 224 g/mol. The molecule has 2 aromatic rings. The van der Waals surface area contributed by atoms with E-state index < -0.39 is 17.7 Å². The minimum absolute atomic E-state index is 0.288. The number of rotatable bonds is 2. The molecular formula is C13H11F2NO. The second-order valence-electron chi connectivity index (χ2n) is 3.87. The van der Waals surface area contributed by atoms with Crippen molar-refractivity contribution < 1.29 is 13.9 Å². The second kappa shape index (κ2) is 4.59. The lowest BCUT2D eigenvalue weighted by Gasteiger charge is -2.11. The molecule has 1 unspecified atom stereocenters. The van der Waals surface area contributed by atoms with Crippen LogP contribution in [0.5, 0.6) is 0 Å². The van der Waals surface area contributed by atoms with Crippen LogP contribution in [0.2, 0.25) is 0 Å². The minimum Gasteiger partial charge on any atom is -0.382 e. The quantitative estimate of drug-likeness (QED) is 0.868. The number of aliphatic hydroxyl groups excluding tert-OH is 1. The smallest absolute Gasteiger partial charge is 0.141 e. The Morgan fingerprint density at radius 2 is 1.88 bits per heavy atom. The summed E-state index contributed by atoms with van der Waals surface area (Å²) < 4.78 is 25.9. The summed E-state index contributed by atoms with van der Waals surface area (Å²) in [5.41, 5.74) is 1.40. The van der Waals surface area contributed by atoms with Crippen LogP contribution < -0.4 is 0 Å². The number of nitrogens with zero attached hydrogens (tertiary/aromatic N) is 1. The summed E-state index contributed by atoms with van der Waals surface area (Å²) in [4.78, 5) is 3.77. The number of aromatic nitrogens is 1. The fraction of sp³-hybridized carbons (Fsp3) is 0.154. The van der Waals surface area contributed by atoms with Gasteiger partial charge >= 0.3 is 0 Å². The van der Waals surface area contributed by atoms with E-state index in [0.29, 0.717) is 11.1 Å². The van der Waals surface area contributed by atoms with Crippen molar-refractivity contribution in [2.75, 3.05) is 0 Å². The zero-order chi connectivity index (χ0) is 12.4. The minimum atomic E-state index is -1.05. The van der Waals surface area contributed by atoms with E-state index in [1.165, 1.54) is 24.3 Å². The van der Waals surface area contributed by atoms with Crippen LogP contribution >= 0.6 is 0 Å². The zero-order valence-corrected chi connectivity index (χ0v) is 9.19. The van der Waals surface area contributed by atoms with Crippen LogP contribution in [0.1, 0.15) is 22.9 Å². The maximum absolute atomic E-state index is 13.2. The number of aliphatic hydroxyl groups is 1. The third-order valence-corrected chi connectivity index (χ3v) is 2.41. The Hall–Kier alpha value is -1.81. The molecule has 0 saturated heterocycles. The number of benzene rings is 1. The first-order valence-corrected chi connectivity index (χ1v) is 5.13. The lowest BCUT2D eigenvalue weighted by atomic mass is 10.0. The summed E-state index contributed by atoms with van der Waals surface area (Å²) in [6.07, 6.45) is -0.0324. The van der Waals surface area contributed by atoms with Gasteiger partial charge in [-0.05, 0) is 42.3 Å². The van der Waals surface area contributed by atoms with E-state index >= 15 is 0 Å². The fourth-order valence-electron chi connectivity index (χ4n) is 1.64. The van der Waals surface area contributed by atoms with Crippen molar-refractivity contribution >= 4 is 0 Å². The second-order valence-corrected chi connectivity index (χ2v) is 3.87. The van der Waals surface area contributed by atoms with Gasteiger partial charge in [0.15, 0.2) is 0 Å². The average Bonchev–Trinajstić information content (AvgIpc) is 2.28. The van der Waals surface area contributed by atoms with Gasteiger partial charge in [-0.15, -0.1) is 0 Å².